The smallest absolute Gasteiger partial charge is 0.0655 e. The van der Waals surface area contributed by atoms with Crippen molar-refractivity contribution >= 4 is 17.3 Å². The minimum absolute atomic E-state index is 0.259. The van der Waals surface area contributed by atoms with Gasteiger partial charge in [-0.05, 0) is 50.3 Å². The Morgan fingerprint density at radius 2 is 2.00 bits per heavy atom. The van der Waals surface area contributed by atoms with Gasteiger partial charge in [-0.3, -0.25) is 0 Å². The fourth-order valence-electron chi connectivity index (χ4n) is 2.29. The van der Waals surface area contributed by atoms with E-state index in [-0.39, 0.29) is 5.92 Å². The van der Waals surface area contributed by atoms with E-state index in [2.05, 4.69) is 17.5 Å². The number of nitriles is 1. The molecule has 0 radical (unpaired) electrons. The second-order valence-corrected chi connectivity index (χ2v) is 5.19. The molecule has 0 spiro atoms. The highest BCUT2D eigenvalue weighted by Gasteiger charge is 2.20. The predicted octanol–water partition coefficient (Wildman–Crippen LogP) is 4.14. The highest BCUT2D eigenvalue weighted by Crippen LogP contribution is 2.27. The summed E-state index contributed by atoms with van der Waals surface area (Å²) in [5.74, 6) is 0.259. The molecule has 1 saturated carbocycles. The highest BCUT2D eigenvalue weighted by atomic mass is 35.5. The zero-order chi connectivity index (χ0) is 12.3. The summed E-state index contributed by atoms with van der Waals surface area (Å²) in [5.41, 5.74) is 2.19. The maximum Gasteiger partial charge on any atom is 0.0655 e. The first-order valence-corrected chi connectivity index (χ1v) is 6.49. The summed E-state index contributed by atoms with van der Waals surface area (Å²) in [5, 5.41) is 13.2. The lowest BCUT2D eigenvalue weighted by molar-refractivity contribution is 0.397. The Labute approximate surface area is 108 Å². The van der Waals surface area contributed by atoms with Crippen molar-refractivity contribution in [1.29, 1.82) is 5.26 Å². The summed E-state index contributed by atoms with van der Waals surface area (Å²) in [6.45, 7) is 2.00. The van der Waals surface area contributed by atoms with Crippen LogP contribution in [0.25, 0.3) is 0 Å². The molecule has 1 aliphatic rings. The molecule has 0 heterocycles. The summed E-state index contributed by atoms with van der Waals surface area (Å²) >= 11 is 6.09. The van der Waals surface area contributed by atoms with Crippen molar-refractivity contribution < 1.29 is 0 Å². The van der Waals surface area contributed by atoms with E-state index in [0.717, 1.165) is 42.0 Å². The molecule has 0 unspecified atom stereocenters. The third-order valence-corrected chi connectivity index (χ3v) is 3.86. The fraction of sp³-hybridized carbons (Fsp3) is 0.500. The van der Waals surface area contributed by atoms with Crippen LogP contribution in [0.4, 0.5) is 5.69 Å². The Morgan fingerprint density at radius 3 is 2.59 bits per heavy atom. The van der Waals surface area contributed by atoms with Gasteiger partial charge in [0.15, 0.2) is 0 Å². The first-order chi connectivity index (χ1) is 8.19. The van der Waals surface area contributed by atoms with Gasteiger partial charge in [-0.1, -0.05) is 17.7 Å². The van der Waals surface area contributed by atoms with Crippen LogP contribution < -0.4 is 5.32 Å². The zero-order valence-corrected chi connectivity index (χ0v) is 10.8. The molecule has 1 aliphatic carbocycles. The normalized spacial score (nSPS) is 24.1. The number of hydrogen-bond donors (Lipinski definition) is 1. The van der Waals surface area contributed by atoms with Crippen molar-refractivity contribution in [1.82, 2.24) is 0 Å². The van der Waals surface area contributed by atoms with Crippen molar-refractivity contribution in [3.63, 3.8) is 0 Å². The van der Waals surface area contributed by atoms with Crippen molar-refractivity contribution in [2.24, 2.45) is 5.92 Å². The summed E-state index contributed by atoms with van der Waals surface area (Å²) < 4.78 is 0. The molecule has 2 rings (SSSR count). The number of halogens is 1. The van der Waals surface area contributed by atoms with E-state index in [1.807, 2.05) is 19.1 Å². The van der Waals surface area contributed by atoms with Crippen LogP contribution in [-0.2, 0) is 0 Å². The maximum absolute atomic E-state index is 8.85. The van der Waals surface area contributed by atoms with Gasteiger partial charge < -0.3 is 5.32 Å². The number of rotatable bonds is 2. The van der Waals surface area contributed by atoms with E-state index < -0.39 is 0 Å². The molecule has 1 aromatic carbocycles. The summed E-state index contributed by atoms with van der Waals surface area (Å²) in [6.07, 6.45) is 4.16. The Kier molecular flexibility index (Phi) is 3.91. The van der Waals surface area contributed by atoms with Crippen LogP contribution >= 0.6 is 11.6 Å². The Balaban J connectivity index is 1.93. The first-order valence-electron chi connectivity index (χ1n) is 6.11. The number of benzene rings is 1. The van der Waals surface area contributed by atoms with E-state index >= 15 is 0 Å². The molecule has 2 nitrogen and oxygen atoms in total. The van der Waals surface area contributed by atoms with Crippen LogP contribution in [0.3, 0.4) is 0 Å². The largest absolute Gasteiger partial charge is 0.382 e. The quantitative estimate of drug-likeness (QED) is 0.854. The number of anilines is 1. The highest BCUT2D eigenvalue weighted by molar-refractivity contribution is 6.31. The minimum atomic E-state index is 0.259. The van der Waals surface area contributed by atoms with Crippen LogP contribution in [0.1, 0.15) is 31.2 Å². The van der Waals surface area contributed by atoms with Gasteiger partial charge in [0, 0.05) is 22.7 Å². The van der Waals surface area contributed by atoms with Crippen LogP contribution in [0, 0.1) is 24.2 Å². The van der Waals surface area contributed by atoms with E-state index in [9.17, 15) is 0 Å². The Hall–Kier alpha value is -1.20. The molecule has 0 aromatic heterocycles. The second kappa shape index (κ2) is 5.42. The lowest BCUT2D eigenvalue weighted by Gasteiger charge is -2.26. The van der Waals surface area contributed by atoms with Gasteiger partial charge in [0.1, 0.15) is 0 Å². The van der Waals surface area contributed by atoms with Crippen molar-refractivity contribution in [3.05, 3.63) is 28.8 Å². The van der Waals surface area contributed by atoms with Crippen LogP contribution in [0.15, 0.2) is 18.2 Å². The van der Waals surface area contributed by atoms with E-state index in [4.69, 9.17) is 16.9 Å². The van der Waals surface area contributed by atoms with Crippen LogP contribution in [0.5, 0.6) is 0 Å². The summed E-state index contributed by atoms with van der Waals surface area (Å²) in [6, 6.07) is 8.92. The molecule has 1 fully saturated rings. The van der Waals surface area contributed by atoms with Gasteiger partial charge in [-0.25, -0.2) is 0 Å². The number of nitrogens with one attached hydrogen (secondary N) is 1. The topological polar surface area (TPSA) is 35.8 Å². The molecule has 0 saturated heterocycles. The van der Waals surface area contributed by atoms with E-state index in [0.29, 0.717) is 6.04 Å². The molecule has 0 bridgehead atoms. The van der Waals surface area contributed by atoms with E-state index in [1.54, 1.807) is 0 Å². The monoisotopic (exact) mass is 248 g/mol. The van der Waals surface area contributed by atoms with Gasteiger partial charge in [-0.2, -0.15) is 5.26 Å². The lowest BCUT2D eigenvalue weighted by atomic mass is 9.87. The number of aryl methyl sites for hydroxylation is 1. The average Bonchev–Trinajstić information content (AvgIpc) is 2.35. The SMILES string of the molecule is Cc1ccc(NC2CCC(C#N)CC2)cc1Cl. The first kappa shape index (κ1) is 12.3. The summed E-state index contributed by atoms with van der Waals surface area (Å²) in [4.78, 5) is 0. The number of nitrogens with zero attached hydrogens (tertiary/aromatic N) is 1. The maximum atomic E-state index is 8.85. The Morgan fingerprint density at radius 1 is 1.29 bits per heavy atom. The Bertz CT molecular complexity index is 428. The van der Waals surface area contributed by atoms with Crippen molar-refractivity contribution in [3.8, 4) is 6.07 Å². The van der Waals surface area contributed by atoms with Crippen LogP contribution in [0.2, 0.25) is 5.02 Å². The standard InChI is InChI=1S/C14H17ClN2/c1-10-2-5-13(8-14(10)15)17-12-6-3-11(9-16)4-7-12/h2,5,8,11-12,17H,3-4,6-7H2,1H3. The molecule has 0 amide bonds. The predicted molar refractivity (Wildman–Crippen MR) is 71.2 cm³/mol. The molecule has 0 atom stereocenters. The third-order valence-electron chi connectivity index (χ3n) is 3.45. The minimum Gasteiger partial charge on any atom is -0.382 e. The van der Waals surface area contributed by atoms with Crippen molar-refractivity contribution in [2.45, 2.75) is 38.6 Å². The lowest BCUT2D eigenvalue weighted by Crippen LogP contribution is -2.25. The molecule has 90 valence electrons. The van der Waals surface area contributed by atoms with Gasteiger partial charge in [0.2, 0.25) is 0 Å². The van der Waals surface area contributed by atoms with E-state index in [1.165, 1.54) is 0 Å². The average molecular weight is 249 g/mol. The van der Waals surface area contributed by atoms with Crippen LogP contribution in [-0.4, -0.2) is 6.04 Å². The van der Waals surface area contributed by atoms with Gasteiger partial charge in [0.25, 0.3) is 0 Å². The zero-order valence-electron chi connectivity index (χ0n) is 10.0. The summed E-state index contributed by atoms with van der Waals surface area (Å²) in [7, 11) is 0. The number of hydrogen-bond acceptors (Lipinski definition) is 2. The third kappa shape index (κ3) is 3.14. The fourth-order valence-corrected chi connectivity index (χ4v) is 2.47. The van der Waals surface area contributed by atoms with Crippen molar-refractivity contribution in [2.75, 3.05) is 5.32 Å². The molecule has 3 heteroatoms. The van der Waals surface area contributed by atoms with Gasteiger partial charge >= 0.3 is 0 Å². The molecular formula is C14H17ClN2. The van der Waals surface area contributed by atoms with Gasteiger partial charge in [-0.15, -0.1) is 0 Å². The molecule has 1 aromatic rings. The molecular weight excluding hydrogens is 232 g/mol. The molecule has 17 heavy (non-hydrogen) atoms. The van der Waals surface area contributed by atoms with Gasteiger partial charge in [0.05, 0.1) is 6.07 Å². The molecule has 1 N–H and O–H groups in total. The second-order valence-electron chi connectivity index (χ2n) is 4.79. The molecule has 0 aliphatic heterocycles.